The molecule has 0 fully saturated rings. The third-order valence-corrected chi connectivity index (χ3v) is 3.44. The number of aliphatic hydroxyl groups is 1. The predicted molar refractivity (Wildman–Crippen MR) is 86.5 cm³/mol. The molecule has 3 N–H and O–H groups in total. The van der Waals surface area contributed by atoms with Crippen molar-refractivity contribution in [2.24, 2.45) is 5.92 Å². The molecule has 0 saturated heterocycles. The van der Waals surface area contributed by atoms with E-state index in [9.17, 15) is 14.7 Å². The van der Waals surface area contributed by atoms with Crippen molar-refractivity contribution in [1.82, 2.24) is 10.6 Å². The van der Waals surface area contributed by atoms with E-state index < -0.39 is 6.04 Å². The number of hydrogen-bond acceptors (Lipinski definition) is 3. The van der Waals surface area contributed by atoms with Gasteiger partial charge in [-0.1, -0.05) is 37.6 Å². The Morgan fingerprint density at radius 1 is 1.18 bits per heavy atom. The summed E-state index contributed by atoms with van der Waals surface area (Å²) >= 11 is 5.80. The second-order valence-corrected chi connectivity index (χ2v) is 6.00. The van der Waals surface area contributed by atoms with Gasteiger partial charge in [0.25, 0.3) is 0 Å². The first-order chi connectivity index (χ1) is 10.4. The Morgan fingerprint density at radius 2 is 1.82 bits per heavy atom. The molecule has 0 radical (unpaired) electrons. The lowest BCUT2D eigenvalue weighted by atomic mass is 10.1. The van der Waals surface area contributed by atoms with Crippen molar-refractivity contribution in [3.05, 3.63) is 34.9 Å². The van der Waals surface area contributed by atoms with Gasteiger partial charge in [0.15, 0.2) is 0 Å². The summed E-state index contributed by atoms with van der Waals surface area (Å²) < 4.78 is 0. The number of carbonyl (C=O) groups excluding carboxylic acids is 2. The van der Waals surface area contributed by atoms with Crippen LogP contribution >= 0.6 is 11.6 Å². The number of amides is 2. The molecule has 1 atom stereocenters. The lowest BCUT2D eigenvalue weighted by molar-refractivity contribution is -0.126. The van der Waals surface area contributed by atoms with Crippen LogP contribution in [0.15, 0.2) is 24.3 Å². The molecule has 0 heterocycles. The molecule has 0 saturated carbocycles. The third-order valence-electron chi connectivity index (χ3n) is 3.19. The lowest BCUT2D eigenvalue weighted by Gasteiger charge is -2.17. The van der Waals surface area contributed by atoms with E-state index in [1.165, 1.54) is 0 Å². The Hall–Kier alpha value is -1.59. The maximum Gasteiger partial charge on any atom is 0.239 e. The van der Waals surface area contributed by atoms with Crippen LogP contribution in [-0.4, -0.2) is 30.1 Å². The van der Waals surface area contributed by atoms with Crippen molar-refractivity contribution in [3.63, 3.8) is 0 Å². The average molecular weight is 327 g/mol. The van der Waals surface area contributed by atoms with E-state index in [1.807, 2.05) is 13.8 Å². The first-order valence-electron chi connectivity index (χ1n) is 7.34. The second kappa shape index (κ2) is 9.43. The molecule has 1 rings (SSSR count). The van der Waals surface area contributed by atoms with Gasteiger partial charge in [-0.15, -0.1) is 0 Å². The quantitative estimate of drug-likeness (QED) is 0.684. The minimum absolute atomic E-state index is 0.0962. The first kappa shape index (κ1) is 18.5. The van der Waals surface area contributed by atoms with Crippen molar-refractivity contribution in [3.8, 4) is 0 Å². The molecule has 0 aliphatic carbocycles. The van der Waals surface area contributed by atoms with Gasteiger partial charge in [0.05, 0.1) is 19.2 Å². The maximum absolute atomic E-state index is 11.8. The Labute approximate surface area is 136 Å². The van der Waals surface area contributed by atoms with Gasteiger partial charge in [0.1, 0.15) is 0 Å². The Bertz CT molecular complexity index is 489. The Balaban J connectivity index is 2.42. The van der Waals surface area contributed by atoms with Gasteiger partial charge in [0.2, 0.25) is 11.8 Å². The summed E-state index contributed by atoms with van der Waals surface area (Å²) in [6.07, 6.45) is 1.20. The zero-order valence-electron chi connectivity index (χ0n) is 12.9. The predicted octanol–water partition coefficient (Wildman–Crippen LogP) is 2.04. The maximum atomic E-state index is 11.8. The van der Waals surface area contributed by atoms with Crippen molar-refractivity contribution in [2.75, 3.05) is 13.2 Å². The largest absolute Gasteiger partial charge is 0.394 e. The Kier molecular flexibility index (Phi) is 7.91. The van der Waals surface area contributed by atoms with Crippen LogP contribution in [0.1, 0.15) is 38.3 Å². The summed E-state index contributed by atoms with van der Waals surface area (Å²) in [5.74, 6) is -0.0361. The fraction of sp³-hybridized carbons (Fsp3) is 0.500. The molecular weight excluding hydrogens is 304 g/mol. The van der Waals surface area contributed by atoms with Crippen LogP contribution in [0.5, 0.6) is 0 Å². The smallest absolute Gasteiger partial charge is 0.239 e. The minimum atomic E-state index is -0.516. The van der Waals surface area contributed by atoms with Crippen LogP contribution in [0.4, 0.5) is 0 Å². The average Bonchev–Trinajstić information content (AvgIpc) is 2.49. The topological polar surface area (TPSA) is 78.4 Å². The van der Waals surface area contributed by atoms with E-state index in [-0.39, 0.29) is 25.0 Å². The number of carbonyl (C=O) groups is 2. The zero-order valence-corrected chi connectivity index (χ0v) is 13.7. The number of nitrogens with one attached hydrogen (secondary N) is 2. The minimum Gasteiger partial charge on any atom is -0.394 e. The third kappa shape index (κ3) is 6.91. The SMILES string of the molecule is CC(C)CCC(=O)NCC(=O)NC(CO)c1ccc(Cl)cc1. The summed E-state index contributed by atoms with van der Waals surface area (Å²) in [5, 5.41) is 15.2. The highest BCUT2D eigenvalue weighted by atomic mass is 35.5. The molecule has 0 aliphatic rings. The molecule has 2 amide bonds. The van der Waals surface area contributed by atoms with E-state index in [0.717, 1.165) is 12.0 Å². The molecule has 1 aromatic rings. The van der Waals surface area contributed by atoms with E-state index in [0.29, 0.717) is 17.4 Å². The number of halogens is 1. The van der Waals surface area contributed by atoms with E-state index in [1.54, 1.807) is 24.3 Å². The summed E-state index contributed by atoms with van der Waals surface area (Å²) in [5.41, 5.74) is 0.756. The molecule has 1 unspecified atom stereocenters. The lowest BCUT2D eigenvalue weighted by Crippen LogP contribution is -2.39. The van der Waals surface area contributed by atoms with Crippen LogP contribution < -0.4 is 10.6 Å². The highest BCUT2D eigenvalue weighted by Gasteiger charge is 2.14. The van der Waals surface area contributed by atoms with Gasteiger partial charge in [0, 0.05) is 11.4 Å². The Morgan fingerprint density at radius 3 is 2.36 bits per heavy atom. The number of hydrogen-bond donors (Lipinski definition) is 3. The molecule has 0 aliphatic heterocycles. The molecular formula is C16H23ClN2O3. The van der Waals surface area contributed by atoms with E-state index >= 15 is 0 Å². The number of rotatable bonds is 8. The second-order valence-electron chi connectivity index (χ2n) is 5.56. The van der Waals surface area contributed by atoms with Crippen LogP contribution in [0.3, 0.4) is 0 Å². The van der Waals surface area contributed by atoms with E-state index in [2.05, 4.69) is 10.6 Å². The highest BCUT2D eigenvalue weighted by molar-refractivity contribution is 6.30. The molecule has 1 aromatic carbocycles. The fourth-order valence-electron chi connectivity index (χ4n) is 1.86. The van der Waals surface area contributed by atoms with Gasteiger partial charge in [-0.25, -0.2) is 0 Å². The number of aliphatic hydroxyl groups excluding tert-OH is 1. The van der Waals surface area contributed by atoms with Crippen molar-refractivity contribution in [1.29, 1.82) is 0 Å². The normalized spacial score (nSPS) is 12.0. The summed E-state index contributed by atoms with van der Waals surface area (Å²) in [6, 6.07) is 6.35. The van der Waals surface area contributed by atoms with Crippen LogP contribution in [0.25, 0.3) is 0 Å². The van der Waals surface area contributed by atoms with Crippen molar-refractivity contribution >= 4 is 23.4 Å². The van der Waals surface area contributed by atoms with Gasteiger partial charge < -0.3 is 15.7 Å². The summed E-state index contributed by atoms with van der Waals surface area (Å²) in [7, 11) is 0. The van der Waals surface area contributed by atoms with Crippen LogP contribution in [0.2, 0.25) is 5.02 Å². The van der Waals surface area contributed by atoms with Gasteiger partial charge in [-0.3, -0.25) is 9.59 Å². The van der Waals surface area contributed by atoms with Crippen LogP contribution in [-0.2, 0) is 9.59 Å². The standard InChI is InChI=1S/C16H23ClN2O3/c1-11(2)3-8-15(21)18-9-16(22)19-14(10-20)12-4-6-13(17)7-5-12/h4-7,11,14,20H,3,8-10H2,1-2H3,(H,18,21)(H,19,22). The molecule has 5 nitrogen and oxygen atoms in total. The van der Waals surface area contributed by atoms with Crippen molar-refractivity contribution in [2.45, 2.75) is 32.7 Å². The molecule has 0 spiro atoms. The molecule has 6 heteroatoms. The highest BCUT2D eigenvalue weighted by Crippen LogP contribution is 2.16. The fourth-order valence-corrected chi connectivity index (χ4v) is 1.99. The van der Waals surface area contributed by atoms with Gasteiger partial charge >= 0.3 is 0 Å². The van der Waals surface area contributed by atoms with E-state index in [4.69, 9.17) is 11.6 Å². The molecule has 22 heavy (non-hydrogen) atoms. The van der Waals surface area contributed by atoms with Crippen molar-refractivity contribution < 1.29 is 14.7 Å². The monoisotopic (exact) mass is 326 g/mol. The summed E-state index contributed by atoms with van der Waals surface area (Å²) in [4.78, 5) is 23.4. The number of benzene rings is 1. The zero-order chi connectivity index (χ0) is 16.5. The van der Waals surface area contributed by atoms with Crippen LogP contribution in [0, 0.1) is 5.92 Å². The molecule has 0 bridgehead atoms. The molecule has 122 valence electrons. The van der Waals surface area contributed by atoms with Gasteiger partial charge in [-0.2, -0.15) is 0 Å². The summed E-state index contributed by atoms with van der Waals surface area (Å²) in [6.45, 7) is 3.76. The van der Waals surface area contributed by atoms with Gasteiger partial charge in [-0.05, 0) is 30.0 Å². The first-order valence-corrected chi connectivity index (χ1v) is 7.72. The molecule has 0 aromatic heterocycles.